The van der Waals surface area contributed by atoms with Crippen LogP contribution in [0.25, 0.3) is 0 Å². The summed E-state index contributed by atoms with van der Waals surface area (Å²) in [5.74, 6) is 0. The van der Waals surface area contributed by atoms with Gasteiger partial charge in [0.05, 0.1) is 7.59 Å². The van der Waals surface area contributed by atoms with Gasteiger partial charge in [-0.1, -0.05) is 43.4 Å². The van der Waals surface area contributed by atoms with Crippen LogP contribution in [-0.2, 0) is 10.0 Å². The fourth-order valence-electron chi connectivity index (χ4n) is 3.49. The average molecular weight is 357 g/mol. The molecule has 5 heteroatoms. The van der Waals surface area contributed by atoms with E-state index in [-0.39, 0.29) is 5.60 Å². The van der Waals surface area contributed by atoms with Gasteiger partial charge in [-0.05, 0) is 54.9 Å². The highest BCUT2D eigenvalue weighted by molar-refractivity contribution is 7.38. The van der Waals surface area contributed by atoms with E-state index in [0.717, 1.165) is 17.8 Å². The standard InChI is InChI=1S/C19H28N2OSi2/c1-23(2)14-13-19(22-24(23,3)4,15-5-9-17(20)10-6-15)16-7-11-18(21)12-8-16/h5-12H,13-14,20-21H2,1-4H3. The van der Waals surface area contributed by atoms with Gasteiger partial charge in [0.1, 0.15) is 5.60 Å². The molecule has 0 bridgehead atoms. The molecular weight excluding hydrogens is 328 g/mol. The van der Waals surface area contributed by atoms with E-state index in [1.54, 1.807) is 0 Å². The van der Waals surface area contributed by atoms with Crippen molar-refractivity contribution < 1.29 is 4.43 Å². The van der Waals surface area contributed by atoms with Crippen LogP contribution in [0, 0.1) is 0 Å². The van der Waals surface area contributed by atoms with Crippen LogP contribution in [0.2, 0.25) is 32.2 Å². The minimum absolute atomic E-state index is 0.375. The normalized spacial score (nSPS) is 21.3. The van der Waals surface area contributed by atoms with Gasteiger partial charge in [-0.3, -0.25) is 0 Å². The first kappa shape index (κ1) is 17.3. The first-order valence-corrected chi connectivity index (χ1v) is 15.7. The molecule has 3 nitrogen and oxygen atoms in total. The molecule has 1 fully saturated rings. The Morgan fingerprint density at radius 1 is 0.792 bits per heavy atom. The summed E-state index contributed by atoms with van der Waals surface area (Å²) < 4.78 is 7.05. The summed E-state index contributed by atoms with van der Waals surface area (Å²) in [5, 5.41) is 0. The molecule has 0 unspecified atom stereocenters. The Balaban J connectivity index is 2.15. The molecule has 0 radical (unpaired) electrons. The molecule has 1 saturated heterocycles. The van der Waals surface area contributed by atoms with Crippen LogP contribution in [0.3, 0.4) is 0 Å². The largest absolute Gasteiger partial charge is 0.407 e. The first-order chi connectivity index (χ1) is 11.2. The van der Waals surface area contributed by atoms with E-state index in [0.29, 0.717) is 0 Å². The van der Waals surface area contributed by atoms with Gasteiger partial charge in [-0.2, -0.15) is 0 Å². The van der Waals surface area contributed by atoms with Gasteiger partial charge in [0.2, 0.25) is 0 Å². The van der Waals surface area contributed by atoms with Crippen molar-refractivity contribution in [3.8, 4) is 0 Å². The third-order valence-electron chi connectivity index (χ3n) is 5.92. The van der Waals surface area contributed by atoms with Gasteiger partial charge in [0.25, 0.3) is 0 Å². The van der Waals surface area contributed by atoms with E-state index in [2.05, 4.69) is 50.5 Å². The van der Waals surface area contributed by atoms with Crippen molar-refractivity contribution in [1.82, 2.24) is 0 Å². The van der Waals surface area contributed by atoms with Crippen molar-refractivity contribution in [2.75, 3.05) is 11.5 Å². The van der Waals surface area contributed by atoms with Crippen LogP contribution < -0.4 is 11.5 Å². The Bertz CT molecular complexity index is 679. The highest BCUT2D eigenvalue weighted by Crippen LogP contribution is 2.48. The number of anilines is 2. The molecule has 0 amide bonds. The summed E-state index contributed by atoms with van der Waals surface area (Å²) in [4.78, 5) is 0. The quantitative estimate of drug-likeness (QED) is 0.615. The minimum atomic E-state index is -1.77. The molecule has 4 N–H and O–H groups in total. The number of nitrogen functional groups attached to an aromatic ring is 2. The van der Waals surface area contributed by atoms with Gasteiger partial charge in [0, 0.05) is 11.4 Å². The van der Waals surface area contributed by atoms with Crippen LogP contribution in [0.5, 0.6) is 0 Å². The molecule has 2 aromatic carbocycles. The van der Waals surface area contributed by atoms with Gasteiger partial charge >= 0.3 is 0 Å². The molecule has 0 saturated carbocycles. The lowest BCUT2D eigenvalue weighted by Gasteiger charge is -2.52. The first-order valence-electron chi connectivity index (χ1n) is 8.59. The Hall–Kier alpha value is -1.57. The van der Waals surface area contributed by atoms with Crippen molar-refractivity contribution in [2.24, 2.45) is 0 Å². The monoisotopic (exact) mass is 356 g/mol. The third-order valence-corrected chi connectivity index (χ3v) is 22.4. The van der Waals surface area contributed by atoms with E-state index in [1.807, 2.05) is 24.3 Å². The van der Waals surface area contributed by atoms with E-state index >= 15 is 0 Å². The van der Waals surface area contributed by atoms with Gasteiger partial charge < -0.3 is 15.9 Å². The lowest BCUT2D eigenvalue weighted by molar-refractivity contribution is 0.0939. The predicted molar refractivity (Wildman–Crippen MR) is 108 cm³/mol. The molecular formula is C19H28N2OSi2. The van der Waals surface area contributed by atoms with Crippen molar-refractivity contribution in [2.45, 2.75) is 44.3 Å². The van der Waals surface area contributed by atoms with Crippen molar-refractivity contribution in [1.29, 1.82) is 0 Å². The second kappa shape index (κ2) is 5.76. The fraction of sp³-hybridized carbons (Fsp3) is 0.368. The van der Waals surface area contributed by atoms with E-state index in [1.165, 1.54) is 17.2 Å². The van der Waals surface area contributed by atoms with Crippen LogP contribution in [0.15, 0.2) is 48.5 Å². The summed E-state index contributed by atoms with van der Waals surface area (Å²) in [6.45, 7) is 9.74. The minimum Gasteiger partial charge on any atom is -0.407 e. The summed E-state index contributed by atoms with van der Waals surface area (Å²) in [6.07, 6.45) is 1.02. The molecule has 1 heterocycles. The second-order valence-corrected chi connectivity index (χ2v) is 23.2. The summed E-state index contributed by atoms with van der Waals surface area (Å²) >= 11 is 0. The Morgan fingerprint density at radius 3 is 1.58 bits per heavy atom. The molecule has 0 spiro atoms. The zero-order valence-electron chi connectivity index (χ0n) is 15.1. The van der Waals surface area contributed by atoms with Gasteiger partial charge in [0.15, 0.2) is 7.83 Å². The highest BCUT2D eigenvalue weighted by Gasteiger charge is 2.54. The molecule has 0 aromatic heterocycles. The second-order valence-electron chi connectivity index (χ2n) is 8.07. The summed E-state index contributed by atoms with van der Waals surface area (Å²) in [6, 6.07) is 17.7. The molecule has 3 rings (SSSR count). The zero-order valence-corrected chi connectivity index (χ0v) is 17.1. The molecule has 0 aliphatic carbocycles. The van der Waals surface area contributed by atoms with Crippen LogP contribution in [-0.4, -0.2) is 15.4 Å². The lowest BCUT2D eigenvalue weighted by atomic mass is 9.84. The van der Waals surface area contributed by atoms with Gasteiger partial charge in [-0.15, -0.1) is 0 Å². The average Bonchev–Trinajstić information content (AvgIpc) is 2.52. The number of nitrogens with two attached hydrogens (primary N) is 2. The van der Waals surface area contributed by atoms with E-state index in [9.17, 15) is 0 Å². The molecule has 1 aliphatic heterocycles. The fourth-order valence-corrected chi connectivity index (χ4v) is 10.1. The van der Waals surface area contributed by atoms with Crippen LogP contribution in [0.4, 0.5) is 11.4 Å². The lowest BCUT2D eigenvalue weighted by Crippen LogP contribution is -2.64. The van der Waals surface area contributed by atoms with Crippen LogP contribution in [0.1, 0.15) is 17.5 Å². The predicted octanol–water partition coefficient (Wildman–Crippen LogP) is 4.51. The molecule has 24 heavy (non-hydrogen) atoms. The van der Waals surface area contributed by atoms with Crippen molar-refractivity contribution >= 4 is 26.8 Å². The van der Waals surface area contributed by atoms with Crippen molar-refractivity contribution in [3.63, 3.8) is 0 Å². The smallest absolute Gasteiger partial charge is 0.175 e. The van der Waals surface area contributed by atoms with Crippen molar-refractivity contribution in [3.05, 3.63) is 59.7 Å². The van der Waals surface area contributed by atoms with Crippen LogP contribution >= 0.6 is 0 Å². The van der Waals surface area contributed by atoms with Gasteiger partial charge in [-0.25, -0.2) is 0 Å². The number of hydrogen-bond donors (Lipinski definition) is 2. The Kier molecular flexibility index (Phi) is 4.14. The molecule has 2 aromatic rings. The Labute approximate surface area is 147 Å². The zero-order chi connectivity index (χ0) is 17.6. The third kappa shape index (κ3) is 2.81. The number of hydrogen-bond acceptors (Lipinski definition) is 3. The molecule has 128 valence electrons. The summed E-state index contributed by atoms with van der Waals surface area (Å²) in [5.41, 5.74) is 15.4. The number of benzene rings is 2. The topological polar surface area (TPSA) is 61.3 Å². The SMILES string of the molecule is C[Si]1(C)CCC(c2ccc(N)cc2)(c2ccc(N)cc2)O[Si]1(C)C. The Morgan fingerprint density at radius 2 is 1.21 bits per heavy atom. The maximum atomic E-state index is 7.05. The van der Waals surface area contributed by atoms with E-state index < -0.39 is 15.4 Å². The maximum Gasteiger partial charge on any atom is 0.175 e. The molecule has 1 aliphatic rings. The maximum absolute atomic E-state index is 7.05. The molecule has 0 atom stereocenters. The summed E-state index contributed by atoms with van der Waals surface area (Å²) in [7, 11) is -3.10. The van der Waals surface area contributed by atoms with E-state index in [4.69, 9.17) is 15.9 Å². The number of rotatable bonds is 2. The highest BCUT2D eigenvalue weighted by atomic mass is 29.3.